The van der Waals surface area contributed by atoms with Crippen LogP contribution in [-0.2, 0) is 13.1 Å². The normalized spacial score (nSPS) is 25.6. The van der Waals surface area contributed by atoms with Gasteiger partial charge in [0.15, 0.2) is 0 Å². The molecule has 96 valence electrons. The molecular weight excluding hydrogens is 212 g/mol. The van der Waals surface area contributed by atoms with Crippen LogP contribution in [0.1, 0.15) is 50.2 Å². The summed E-state index contributed by atoms with van der Waals surface area (Å²) in [5, 5.41) is 0. The van der Waals surface area contributed by atoms with Crippen molar-refractivity contribution in [1.82, 2.24) is 4.90 Å². The lowest BCUT2D eigenvalue weighted by atomic mass is 10.1. The van der Waals surface area contributed by atoms with Gasteiger partial charge in [-0.1, -0.05) is 6.92 Å². The van der Waals surface area contributed by atoms with Crippen molar-refractivity contribution in [2.45, 2.75) is 65.2 Å². The van der Waals surface area contributed by atoms with E-state index < -0.39 is 0 Å². The summed E-state index contributed by atoms with van der Waals surface area (Å²) in [6.07, 6.45) is 3.89. The fraction of sp³-hybridized carbons (Fsp3) is 0.714. The second kappa shape index (κ2) is 5.23. The SMILES string of the molecule is CCC1CCC(C)N1Cc1cc(CN)oc1C. The first-order valence-corrected chi connectivity index (χ1v) is 6.69. The van der Waals surface area contributed by atoms with Gasteiger partial charge in [-0.2, -0.15) is 0 Å². The maximum atomic E-state index is 5.63. The maximum absolute atomic E-state index is 5.63. The Bertz CT molecular complexity index is 372. The van der Waals surface area contributed by atoms with Crippen molar-refractivity contribution in [3.63, 3.8) is 0 Å². The van der Waals surface area contributed by atoms with Crippen LogP contribution in [0.4, 0.5) is 0 Å². The van der Waals surface area contributed by atoms with E-state index in [1.54, 1.807) is 0 Å². The second-order valence-corrected chi connectivity index (χ2v) is 5.16. The lowest BCUT2D eigenvalue weighted by Gasteiger charge is -2.27. The fourth-order valence-corrected chi connectivity index (χ4v) is 2.89. The number of aryl methyl sites for hydroxylation is 1. The Labute approximate surface area is 104 Å². The maximum Gasteiger partial charge on any atom is 0.118 e. The molecule has 0 amide bonds. The Balaban J connectivity index is 2.10. The molecule has 2 rings (SSSR count). The lowest BCUT2D eigenvalue weighted by Crippen LogP contribution is -2.33. The molecule has 1 fully saturated rings. The first-order valence-electron chi connectivity index (χ1n) is 6.69. The van der Waals surface area contributed by atoms with Crippen molar-refractivity contribution in [1.29, 1.82) is 0 Å². The molecule has 1 aromatic rings. The van der Waals surface area contributed by atoms with Crippen molar-refractivity contribution in [2.24, 2.45) is 5.73 Å². The summed E-state index contributed by atoms with van der Waals surface area (Å²) in [7, 11) is 0. The molecule has 3 heteroatoms. The zero-order valence-corrected chi connectivity index (χ0v) is 11.2. The van der Waals surface area contributed by atoms with E-state index in [1.165, 1.54) is 24.8 Å². The first-order chi connectivity index (χ1) is 8.15. The first kappa shape index (κ1) is 12.7. The Morgan fingerprint density at radius 2 is 2.24 bits per heavy atom. The van der Waals surface area contributed by atoms with E-state index in [2.05, 4.69) is 24.8 Å². The quantitative estimate of drug-likeness (QED) is 0.874. The van der Waals surface area contributed by atoms with Crippen molar-refractivity contribution in [3.05, 3.63) is 23.2 Å². The topological polar surface area (TPSA) is 42.4 Å². The summed E-state index contributed by atoms with van der Waals surface area (Å²) in [6, 6.07) is 3.55. The van der Waals surface area contributed by atoms with Crippen molar-refractivity contribution in [2.75, 3.05) is 0 Å². The van der Waals surface area contributed by atoms with Gasteiger partial charge in [0.1, 0.15) is 11.5 Å². The standard InChI is InChI=1S/C14H24N2O/c1-4-13-6-5-10(2)16(13)9-12-7-14(8-15)17-11(12)3/h7,10,13H,4-6,8-9,15H2,1-3H3. The van der Waals surface area contributed by atoms with Crippen LogP contribution in [0.5, 0.6) is 0 Å². The molecule has 0 saturated carbocycles. The predicted molar refractivity (Wildman–Crippen MR) is 69.7 cm³/mol. The number of nitrogens with two attached hydrogens (primary N) is 1. The zero-order chi connectivity index (χ0) is 12.4. The third kappa shape index (κ3) is 2.55. The number of hydrogen-bond donors (Lipinski definition) is 1. The highest BCUT2D eigenvalue weighted by atomic mass is 16.3. The van der Waals surface area contributed by atoms with Gasteiger partial charge in [0.05, 0.1) is 6.54 Å². The zero-order valence-electron chi connectivity index (χ0n) is 11.2. The van der Waals surface area contributed by atoms with Crippen LogP contribution in [0.3, 0.4) is 0 Å². The number of furan rings is 1. The molecule has 2 heterocycles. The van der Waals surface area contributed by atoms with Gasteiger partial charge in [0.2, 0.25) is 0 Å². The Morgan fingerprint density at radius 3 is 2.82 bits per heavy atom. The van der Waals surface area contributed by atoms with E-state index in [4.69, 9.17) is 10.2 Å². The molecule has 1 aliphatic heterocycles. The molecule has 2 unspecified atom stereocenters. The molecule has 0 aliphatic carbocycles. The van der Waals surface area contributed by atoms with E-state index >= 15 is 0 Å². The van der Waals surface area contributed by atoms with Gasteiger partial charge in [-0.15, -0.1) is 0 Å². The highest BCUT2D eigenvalue weighted by molar-refractivity contribution is 5.21. The molecule has 0 radical (unpaired) electrons. The van der Waals surface area contributed by atoms with E-state index in [1.807, 2.05) is 6.92 Å². The summed E-state index contributed by atoms with van der Waals surface area (Å²) in [6.45, 7) is 8.15. The lowest BCUT2D eigenvalue weighted by molar-refractivity contribution is 0.188. The summed E-state index contributed by atoms with van der Waals surface area (Å²) in [5.74, 6) is 1.93. The minimum absolute atomic E-state index is 0.494. The van der Waals surface area contributed by atoms with Crippen molar-refractivity contribution in [3.8, 4) is 0 Å². The van der Waals surface area contributed by atoms with E-state index in [0.29, 0.717) is 12.6 Å². The molecule has 0 spiro atoms. The summed E-state index contributed by atoms with van der Waals surface area (Å²) >= 11 is 0. The van der Waals surface area contributed by atoms with Crippen molar-refractivity contribution < 1.29 is 4.42 Å². The van der Waals surface area contributed by atoms with Gasteiger partial charge in [0.25, 0.3) is 0 Å². The highest BCUT2D eigenvalue weighted by Gasteiger charge is 2.29. The molecule has 2 atom stereocenters. The molecule has 0 aromatic carbocycles. The van der Waals surface area contributed by atoms with E-state index in [9.17, 15) is 0 Å². The average Bonchev–Trinajstić information content (AvgIpc) is 2.85. The molecule has 2 N–H and O–H groups in total. The Kier molecular flexibility index (Phi) is 3.89. The van der Waals surface area contributed by atoms with Gasteiger partial charge in [0, 0.05) is 24.2 Å². The number of hydrogen-bond acceptors (Lipinski definition) is 3. The summed E-state index contributed by atoms with van der Waals surface area (Å²) in [4.78, 5) is 2.61. The van der Waals surface area contributed by atoms with Crippen LogP contribution in [0.25, 0.3) is 0 Å². The molecule has 1 aliphatic rings. The largest absolute Gasteiger partial charge is 0.465 e. The molecule has 17 heavy (non-hydrogen) atoms. The van der Waals surface area contributed by atoms with Gasteiger partial charge in [-0.25, -0.2) is 0 Å². The van der Waals surface area contributed by atoms with Crippen LogP contribution >= 0.6 is 0 Å². The minimum atomic E-state index is 0.494. The second-order valence-electron chi connectivity index (χ2n) is 5.16. The van der Waals surface area contributed by atoms with Gasteiger partial charge in [-0.05, 0) is 39.2 Å². The third-order valence-electron chi connectivity index (χ3n) is 4.05. The average molecular weight is 236 g/mol. The third-order valence-corrected chi connectivity index (χ3v) is 4.05. The Hall–Kier alpha value is -0.800. The number of nitrogens with zero attached hydrogens (tertiary/aromatic N) is 1. The summed E-state index contributed by atoms with van der Waals surface area (Å²) in [5.41, 5.74) is 6.92. The van der Waals surface area contributed by atoms with Crippen LogP contribution < -0.4 is 5.73 Å². The smallest absolute Gasteiger partial charge is 0.118 e. The van der Waals surface area contributed by atoms with E-state index in [-0.39, 0.29) is 0 Å². The van der Waals surface area contributed by atoms with Gasteiger partial charge < -0.3 is 10.2 Å². The van der Waals surface area contributed by atoms with Crippen molar-refractivity contribution >= 4 is 0 Å². The number of rotatable bonds is 4. The van der Waals surface area contributed by atoms with Crippen LogP contribution in [0.2, 0.25) is 0 Å². The van der Waals surface area contributed by atoms with Gasteiger partial charge >= 0.3 is 0 Å². The molecular formula is C14H24N2O. The minimum Gasteiger partial charge on any atom is -0.465 e. The number of likely N-dealkylation sites (tertiary alicyclic amines) is 1. The molecule has 1 aromatic heterocycles. The monoisotopic (exact) mass is 236 g/mol. The molecule has 3 nitrogen and oxygen atoms in total. The molecule has 1 saturated heterocycles. The van der Waals surface area contributed by atoms with E-state index in [0.717, 1.165) is 24.1 Å². The van der Waals surface area contributed by atoms with Gasteiger partial charge in [-0.3, -0.25) is 4.90 Å². The summed E-state index contributed by atoms with van der Waals surface area (Å²) < 4.78 is 5.63. The fourth-order valence-electron chi connectivity index (χ4n) is 2.89. The van der Waals surface area contributed by atoms with Crippen LogP contribution in [-0.4, -0.2) is 17.0 Å². The Morgan fingerprint density at radius 1 is 1.47 bits per heavy atom. The highest BCUT2D eigenvalue weighted by Crippen LogP contribution is 2.29. The molecule has 0 bridgehead atoms. The van der Waals surface area contributed by atoms with Crippen LogP contribution in [0, 0.1) is 6.92 Å². The predicted octanol–water partition coefficient (Wildman–Crippen LogP) is 2.81. The van der Waals surface area contributed by atoms with Crippen LogP contribution in [0.15, 0.2) is 10.5 Å².